The van der Waals surface area contributed by atoms with Gasteiger partial charge in [0.1, 0.15) is 5.75 Å². The van der Waals surface area contributed by atoms with Crippen LogP contribution in [0.2, 0.25) is 0 Å². The predicted molar refractivity (Wildman–Crippen MR) is 86.1 cm³/mol. The minimum atomic E-state index is -0.208. The highest BCUT2D eigenvalue weighted by Gasteiger charge is 2.08. The van der Waals surface area contributed by atoms with Gasteiger partial charge in [0.05, 0.1) is 17.4 Å². The molecule has 5 heteroatoms. The number of ether oxygens (including phenoxy) is 1. The molecule has 2 aromatic carbocycles. The number of anilines is 1. The molecule has 2 N–H and O–H groups in total. The second-order valence-electron chi connectivity index (χ2n) is 5.22. The van der Waals surface area contributed by atoms with E-state index in [0.717, 1.165) is 16.5 Å². The summed E-state index contributed by atoms with van der Waals surface area (Å²) < 4.78 is 5.53. The number of para-hydroxylation sites is 1. The molecule has 0 aliphatic carbocycles. The molecule has 0 unspecified atom stereocenters. The summed E-state index contributed by atoms with van der Waals surface area (Å²) in [5.74, 6) is 0.485. The SMILES string of the molecule is Cc1ccc(OCC(=O)Nc2cccc3cn[nH]c23)cc1C. The van der Waals surface area contributed by atoms with Crippen LogP contribution in [0.1, 0.15) is 11.1 Å². The molecule has 0 spiro atoms. The number of amides is 1. The van der Waals surface area contributed by atoms with E-state index in [-0.39, 0.29) is 12.5 Å². The number of aromatic nitrogens is 2. The van der Waals surface area contributed by atoms with Gasteiger partial charge in [-0.25, -0.2) is 0 Å². The van der Waals surface area contributed by atoms with Crippen LogP contribution in [0.5, 0.6) is 5.75 Å². The fourth-order valence-electron chi connectivity index (χ4n) is 2.21. The van der Waals surface area contributed by atoms with Crippen LogP contribution in [0.15, 0.2) is 42.6 Å². The zero-order valence-corrected chi connectivity index (χ0v) is 12.5. The Bertz CT molecular complexity index is 824. The molecule has 0 saturated carbocycles. The second kappa shape index (κ2) is 5.89. The van der Waals surface area contributed by atoms with Crippen LogP contribution in [0.25, 0.3) is 10.9 Å². The molecule has 0 aliphatic rings. The van der Waals surface area contributed by atoms with Crippen molar-refractivity contribution in [1.82, 2.24) is 10.2 Å². The van der Waals surface area contributed by atoms with Crippen molar-refractivity contribution >= 4 is 22.5 Å². The van der Waals surface area contributed by atoms with Gasteiger partial charge in [-0.3, -0.25) is 9.89 Å². The number of hydrogen-bond donors (Lipinski definition) is 2. The molecular weight excluding hydrogens is 278 g/mol. The molecule has 0 aliphatic heterocycles. The average molecular weight is 295 g/mol. The fraction of sp³-hybridized carbons (Fsp3) is 0.176. The molecule has 0 atom stereocenters. The van der Waals surface area contributed by atoms with E-state index in [2.05, 4.69) is 15.5 Å². The van der Waals surface area contributed by atoms with E-state index in [0.29, 0.717) is 11.4 Å². The van der Waals surface area contributed by atoms with Gasteiger partial charge in [0.25, 0.3) is 5.91 Å². The normalized spacial score (nSPS) is 10.6. The summed E-state index contributed by atoms with van der Waals surface area (Å²) in [5, 5.41) is 10.6. The zero-order chi connectivity index (χ0) is 15.5. The van der Waals surface area contributed by atoms with Crippen molar-refractivity contribution < 1.29 is 9.53 Å². The molecule has 0 bridgehead atoms. The Hall–Kier alpha value is -2.82. The Morgan fingerprint density at radius 2 is 2.09 bits per heavy atom. The highest BCUT2D eigenvalue weighted by atomic mass is 16.5. The van der Waals surface area contributed by atoms with Gasteiger partial charge >= 0.3 is 0 Å². The van der Waals surface area contributed by atoms with Crippen LogP contribution in [-0.2, 0) is 4.79 Å². The largest absolute Gasteiger partial charge is 0.484 e. The summed E-state index contributed by atoms with van der Waals surface area (Å²) in [4.78, 5) is 12.0. The van der Waals surface area contributed by atoms with Crippen molar-refractivity contribution in [1.29, 1.82) is 0 Å². The number of H-pyrrole nitrogens is 1. The van der Waals surface area contributed by atoms with Gasteiger partial charge in [-0.15, -0.1) is 0 Å². The molecular formula is C17H17N3O2. The lowest BCUT2D eigenvalue weighted by Gasteiger charge is -2.09. The number of nitrogens with one attached hydrogen (secondary N) is 2. The van der Waals surface area contributed by atoms with Crippen LogP contribution in [0.3, 0.4) is 0 Å². The third kappa shape index (κ3) is 2.93. The number of aromatic amines is 1. The van der Waals surface area contributed by atoms with Crippen LogP contribution >= 0.6 is 0 Å². The third-order valence-corrected chi connectivity index (χ3v) is 3.60. The Labute approximate surface area is 128 Å². The first-order valence-electron chi connectivity index (χ1n) is 7.05. The molecule has 1 amide bonds. The molecule has 0 fully saturated rings. The first-order chi connectivity index (χ1) is 10.6. The summed E-state index contributed by atoms with van der Waals surface area (Å²) in [5.41, 5.74) is 3.84. The molecule has 1 heterocycles. The van der Waals surface area contributed by atoms with Gasteiger partial charge in [0.15, 0.2) is 6.61 Å². The maximum absolute atomic E-state index is 12.0. The van der Waals surface area contributed by atoms with Gasteiger partial charge in [-0.05, 0) is 43.2 Å². The van der Waals surface area contributed by atoms with E-state index in [1.54, 1.807) is 6.20 Å². The van der Waals surface area contributed by atoms with E-state index in [9.17, 15) is 4.79 Å². The van der Waals surface area contributed by atoms with E-state index in [1.165, 1.54) is 5.56 Å². The summed E-state index contributed by atoms with van der Waals surface area (Å²) in [6.45, 7) is 4.02. The molecule has 22 heavy (non-hydrogen) atoms. The maximum atomic E-state index is 12.0. The van der Waals surface area contributed by atoms with Gasteiger partial charge in [-0.1, -0.05) is 18.2 Å². The lowest BCUT2D eigenvalue weighted by molar-refractivity contribution is -0.118. The number of aryl methyl sites for hydroxylation is 2. The smallest absolute Gasteiger partial charge is 0.262 e. The van der Waals surface area contributed by atoms with Crippen LogP contribution in [-0.4, -0.2) is 22.7 Å². The van der Waals surface area contributed by atoms with Crippen molar-refractivity contribution in [2.45, 2.75) is 13.8 Å². The van der Waals surface area contributed by atoms with Crippen molar-refractivity contribution in [3.63, 3.8) is 0 Å². The number of carbonyl (C=O) groups excluding carboxylic acids is 1. The second-order valence-corrected chi connectivity index (χ2v) is 5.22. The molecule has 3 aromatic rings. The minimum absolute atomic E-state index is 0.0347. The molecule has 112 valence electrons. The van der Waals surface area contributed by atoms with Gasteiger partial charge in [0.2, 0.25) is 0 Å². The Morgan fingerprint density at radius 3 is 2.91 bits per heavy atom. The monoisotopic (exact) mass is 295 g/mol. The number of rotatable bonds is 4. The van der Waals surface area contributed by atoms with E-state index in [4.69, 9.17) is 4.74 Å². The highest BCUT2D eigenvalue weighted by Crippen LogP contribution is 2.20. The van der Waals surface area contributed by atoms with Crippen LogP contribution < -0.4 is 10.1 Å². The number of fused-ring (bicyclic) bond motifs is 1. The standard InChI is InChI=1S/C17H17N3O2/c1-11-6-7-14(8-12(11)2)22-10-16(21)19-15-5-3-4-13-9-18-20-17(13)15/h3-9H,10H2,1-2H3,(H,18,20)(H,19,21). The molecule has 0 radical (unpaired) electrons. The summed E-state index contributed by atoms with van der Waals surface area (Å²) in [6, 6.07) is 11.4. The minimum Gasteiger partial charge on any atom is -0.484 e. The molecule has 0 saturated heterocycles. The van der Waals surface area contributed by atoms with E-state index >= 15 is 0 Å². The molecule has 1 aromatic heterocycles. The van der Waals surface area contributed by atoms with Crippen LogP contribution in [0.4, 0.5) is 5.69 Å². The average Bonchev–Trinajstić information content (AvgIpc) is 2.98. The maximum Gasteiger partial charge on any atom is 0.262 e. The lowest BCUT2D eigenvalue weighted by Crippen LogP contribution is -2.20. The van der Waals surface area contributed by atoms with Gasteiger partial charge in [-0.2, -0.15) is 5.10 Å². The lowest BCUT2D eigenvalue weighted by atomic mass is 10.1. The predicted octanol–water partition coefficient (Wildman–Crippen LogP) is 3.20. The summed E-state index contributed by atoms with van der Waals surface area (Å²) >= 11 is 0. The summed E-state index contributed by atoms with van der Waals surface area (Å²) in [6.07, 6.45) is 1.72. The quantitative estimate of drug-likeness (QED) is 0.776. The van der Waals surface area contributed by atoms with Crippen molar-refractivity contribution in [3.8, 4) is 5.75 Å². The van der Waals surface area contributed by atoms with E-state index < -0.39 is 0 Å². The highest BCUT2D eigenvalue weighted by molar-refractivity contribution is 6.00. The van der Waals surface area contributed by atoms with Gasteiger partial charge < -0.3 is 10.1 Å². The van der Waals surface area contributed by atoms with Crippen molar-refractivity contribution in [3.05, 3.63) is 53.7 Å². The Morgan fingerprint density at radius 1 is 1.23 bits per heavy atom. The Kier molecular flexibility index (Phi) is 3.78. The van der Waals surface area contributed by atoms with Crippen LogP contribution in [0, 0.1) is 13.8 Å². The fourth-order valence-corrected chi connectivity index (χ4v) is 2.21. The number of benzene rings is 2. The Balaban J connectivity index is 1.65. The van der Waals surface area contributed by atoms with Crippen molar-refractivity contribution in [2.75, 3.05) is 11.9 Å². The summed E-state index contributed by atoms with van der Waals surface area (Å²) in [7, 11) is 0. The molecule has 3 rings (SSSR count). The zero-order valence-electron chi connectivity index (χ0n) is 12.5. The third-order valence-electron chi connectivity index (χ3n) is 3.60. The molecule has 5 nitrogen and oxygen atoms in total. The van der Waals surface area contributed by atoms with E-state index in [1.807, 2.05) is 50.2 Å². The number of carbonyl (C=O) groups is 1. The topological polar surface area (TPSA) is 67.0 Å². The first-order valence-corrected chi connectivity index (χ1v) is 7.05. The first kappa shape index (κ1) is 14.1. The van der Waals surface area contributed by atoms with Crippen molar-refractivity contribution in [2.24, 2.45) is 0 Å². The number of hydrogen-bond acceptors (Lipinski definition) is 3. The number of nitrogens with zero attached hydrogens (tertiary/aromatic N) is 1. The van der Waals surface area contributed by atoms with Gasteiger partial charge in [0, 0.05) is 5.39 Å².